The predicted octanol–water partition coefficient (Wildman–Crippen LogP) is 3.97. The van der Waals surface area contributed by atoms with Crippen molar-refractivity contribution in [3.8, 4) is 10.6 Å². The van der Waals surface area contributed by atoms with Gasteiger partial charge in [-0.2, -0.15) is 11.3 Å². The number of carbonyl (C=O) groups excluding carboxylic acids is 1. The molecule has 0 saturated heterocycles. The van der Waals surface area contributed by atoms with Crippen molar-refractivity contribution in [2.45, 2.75) is 37.6 Å². The molecular formula is C14H14F2N4OS2. The molecule has 0 aromatic carbocycles. The molecule has 2 aliphatic rings. The van der Waals surface area contributed by atoms with E-state index < -0.39 is 17.4 Å². The van der Waals surface area contributed by atoms with Crippen molar-refractivity contribution in [3.63, 3.8) is 0 Å². The van der Waals surface area contributed by atoms with Crippen LogP contribution in [0.1, 0.15) is 25.7 Å². The quantitative estimate of drug-likeness (QED) is 0.875. The van der Waals surface area contributed by atoms with E-state index in [1.54, 1.807) is 11.3 Å². The molecule has 0 radical (unpaired) electrons. The second kappa shape index (κ2) is 5.20. The average Bonchev–Trinajstić information content (AvgIpc) is 3.03. The van der Waals surface area contributed by atoms with Crippen LogP contribution in [-0.2, 0) is 0 Å². The number of urea groups is 1. The van der Waals surface area contributed by atoms with Gasteiger partial charge < -0.3 is 5.32 Å². The van der Waals surface area contributed by atoms with Gasteiger partial charge in [-0.3, -0.25) is 5.32 Å². The molecule has 5 nitrogen and oxygen atoms in total. The van der Waals surface area contributed by atoms with Crippen LogP contribution in [-0.4, -0.2) is 28.2 Å². The molecular weight excluding hydrogens is 342 g/mol. The SMILES string of the molecule is O=C(Nc1nnc(-c2ccsc2)s1)NC1CCC2(C1)CC2(F)F. The summed E-state index contributed by atoms with van der Waals surface area (Å²) < 4.78 is 26.7. The van der Waals surface area contributed by atoms with E-state index in [1.165, 1.54) is 11.3 Å². The van der Waals surface area contributed by atoms with Crippen LogP contribution in [0.3, 0.4) is 0 Å². The Morgan fingerprint density at radius 1 is 1.39 bits per heavy atom. The molecule has 122 valence electrons. The van der Waals surface area contributed by atoms with Crippen molar-refractivity contribution in [1.29, 1.82) is 0 Å². The highest BCUT2D eigenvalue weighted by Crippen LogP contribution is 2.68. The summed E-state index contributed by atoms with van der Waals surface area (Å²) in [5.74, 6) is -2.55. The van der Waals surface area contributed by atoms with Crippen molar-refractivity contribution in [1.82, 2.24) is 15.5 Å². The largest absolute Gasteiger partial charge is 0.335 e. The molecule has 2 saturated carbocycles. The highest BCUT2D eigenvalue weighted by molar-refractivity contribution is 7.19. The highest BCUT2D eigenvalue weighted by Gasteiger charge is 2.72. The number of anilines is 1. The number of carbonyl (C=O) groups is 1. The summed E-state index contributed by atoms with van der Waals surface area (Å²) in [5.41, 5.74) is 0.106. The highest BCUT2D eigenvalue weighted by atomic mass is 32.1. The number of nitrogens with zero attached hydrogens (tertiary/aromatic N) is 2. The Kier molecular flexibility index (Phi) is 3.38. The summed E-state index contributed by atoms with van der Waals surface area (Å²) in [6, 6.07) is 1.32. The molecule has 9 heteroatoms. The van der Waals surface area contributed by atoms with Crippen LogP contribution < -0.4 is 10.6 Å². The summed E-state index contributed by atoms with van der Waals surface area (Å²) in [5, 5.41) is 18.4. The number of rotatable bonds is 3. The van der Waals surface area contributed by atoms with E-state index in [1.807, 2.05) is 16.8 Å². The van der Waals surface area contributed by atoms with Gasteiger partial charge in [0.05, 0.1) is 0 Å². The minimum atomic E-state index is -2.55. The van der Waals surface area contributed by atoms with Crippen LogP contribution >= 0.6 is 22.7 Å². The van der Waals surface area contributed by atoms with Gasteiger partial charge in [0.15, 0.2) is 0 Å². The molecule has 1 spiro atoms. The Balaban J connectivity index is 1.33. The third kappa shape index (κ3) is 2.72. The first kappa shape index (κ1) is 14.9. The maximum absolute atomic E-state index is 13.3. The molecule has 2 heterocycles. The van der Waals surface area contributed by atoms with Crippen LogP contribution in [0.25, 0.3) is 10.6 Å². The van der Waals surface area contributed by atoms with Crippen LogP contribution in [0, 0.1) is 5.41 Å². The van der Waals surface area contributed by atoms with Gasteiger partial charge in [-0.1, -0.05) is 11.3 Å². The van der Waals surface area contributed by atoms with Crippen LogP contribution in [0.4, 0.5) is 18.7 Å². The molecule has 2 unspecified atom stereocenters. The van der Waals surface area contributed by atoms with Crippen LogP contribution in [0.5, 0.6) is 0 Å². The zero-order valence-electron chi connectivity index (χ0n) is 12.0. The zero-order chi connectivity index (χ0) is 16.1. The third-order valence-corrected chi connectivity index (χ3v) is 6.14. The van der Waals surface area contributed by atoms with E-state index >= 15 is 0 Å². The Hall–Kier alpha value is -1.61. The van der Waals surface area contributed by atoms with Gasteiger partial charge >= 0.3 is 6.03 Å². The van der Waals surface area contributed by atoms with Gasteiger partial charge in [0, 0.05) is 28.8 Å². The van der Waals surface area contributed by atoms with Crippen molar-refractivity contribution in [2.75, 3.05) is 5.32 Å². The van der Waals surface area contributed by atoms with Gasteiger partial charge in [-0.05, 0) is 30.7 Å². The lowest BCUT2D eigenvalue weighted by atomic mass is 10.1. The topological polar surface area (TPSA) is 66.9 Å². The Bertz CT molecular complexity index is 733. The molecule has 2 N–H and O–H groups in total. The molecule has 4 rings (SSSR count). The number of amides is 2. The van der Waals surface area contributed by atoms with Gasteiger partial charge in [-0.25, -0.2) is 13.6 Å². The van der Waals surface area contributed by atoms with E-state index in [-0.39, 0.29) is 12.5 Å². The molecule has 2 aliphatic carbocycles. The predicted molar refractivity (Wildman–Crippen MR) is 85.0 cm³/mol. The van der Waals surface area contributed by atoms with E-state index in [2.05, 4.69) is 20.8 Å². The normalized spacial score (nSPS) is 28.0. The number of hydrogen-bond acceptors (Lipinski definition) is 5. The number of aromatic nitrogens is 2. The number of halogens is 2. The summed E-state index contributed by atoms with van der Waals surface area (Å²) in [6.45, 7) is 0. The summed E-state index contributed by atoms with van der Waals surface area (Å²) in [4.78, 5) is 12.0. The maximum atomic E-state index is 13.3. The van der Waals surface area contributed by atoms with E-state index in [4.69, 9.17) is 0 Å². The van der Waals surface area contributed by atoms with Crippen LogP contribution in [0.2, 0.25) is 0 Å². The lowest BCUT2D eigenvalue weighted by Crippen LogP contribution is -2.36. The van der Waals surface area contributed by atoms with Gasteiger partial charge in [-0.15, -0.1) is 10.2 Å². The minimum Gasteiger partial charge on any atom is -0.335 e. The summed E-state index contributed by atoms with van der Waals surface area (Å²) in [7, 11) is 0. The Labute approximate surface area is 139 Å². The number of thiophene rings is 1. The zero-order valence-corrected chi connectivity index (χ0v) is 13.6. The first-order valence-electron chi connectivity index (χ1n) is 7.29. The second-order valence-corrected chi connectivity index (χ2v) is 7.88. The molecule has 0 bridgehead atoms. The first-order valence-corrected chi connectivity index (χ1v) is 9.05. The lowest BCUT2D eigenvalue weighted by Gasteiger charge is -2.12. The first-order chi connectivity index (χ1) is 11.0. The molecule has 2 atom stereocenters. The monoisotopic (exact) mass is 356 g/mol. The fourth-order valence-corrected chi connectivity index (χ4v) is 4.67. The number of alkyl halides is 2. The lowest BCUT2D eigenvalue weighted by molar-refractivity contribution is 0.0652. The molecule has 2 aromatic rings. The molecule has 2 aromatic heterocycles. The molecule has 0 aliphatic heterocycles. The third-order valence-electron chi connectivity index (χ3n) is 4.57. The number of hydrogen-bond donors (Lipinski definition) is 2. The fraction of sp³-hybridized carbons (Fsp3) is 0.500. The second-order valence-electron chi connectivity index (χ2n) is 6.12. The summed E-state index contributed by atoms with van der Waals surface area (Å²) in [6.07, 6.45) is 1.38. The van der Waals surface area contributed by atoms with Gasteiger partial charge in [0.2, 0.25) is 5.13 Å². The molecule has 2 amide bonds. The maximum Gasteiger partial charge on any atom is 0.321 e. The van der Waals surface area contributed by atoms with Gasteiger partial charge in [0.1, 0.15) is 5.01 Å². The Morgan fingerprint density at radius 3 is 2.87 bits per heavy atom. The molecule has 2 fully saturated rings. The van der Waals surface area contributed by atoms with Crippen molar-refractivity contribution >= 4 is 33.8 Å². The molecule has 23 heavy (non-hydrogen) atoms. The number of nitrogens with one attached hydrogen (secondary N) is 2. The van der Waals surface area contributed by atoms with Crippen molar-refractivity contribution in [3.05, 3.63) is 16.8 Å². The van der Waals surface area contributed by atoms with E-state index in [0.29, 0.717) is 24.4 Å². The Morgan fingerprint density at radius 2 is 2.22 bits per heavy atom. The summed E-state index contributed by atoms with van der Waals surface area (Å²) >= 11 is 2.84. The van der Waals surface area contributed by atoms with Crippen molar-refractivity contribution < 1.29 is 13.6 Å². The van der Waals surface area contributed by atoms with Crippen LogP contribution in [0.15, 0.2) is 16.8 Å². The van der Waals surface area contributed by atoms with E-state index in [0.717, 1.165) is 10.6 Å². The fourth-order valence-electron chi connectivity index (χ4n) is 3.22. The minimum absolute atomic E-state index is 0.0415. The standard InChI is InChI=1S/C14H14F2N4OS2/c15-14(16)7-13(14)3-1-9(5-13)17-11(21)18-12-20-19-10(23-12)8-2-4-22-6-8/h2,4,6,9H,1,3,5,7H2,(H2,17,18,20,21). The van der Waals surface area contributed by atoms with Crippen molar-refractivity contribution in [2.24, 2.45) is 5.41 Å². The smallest absolute Gasteiger partial charge is 0.321 e. The van der Waals surface area contributed by atoms with E-state index in [9.17, 15) is 13.6 Å². The average molecular weight is 356 g/mol. The van der Waals surface area contributed by atoms with Gasteiger partial charge in [0.25, 0.3) is 5.92 Å².